The number of anilines is 1. The smallest absolute Gasteiger partial charge is 0.265 e. The largest absolute Gasteiger partial charge is 0.318 e. The minimum Gasteiger partial charge on any atom is -0.318 e. The lowest BCUT2D eigenvalue weighted by molar-refractivity contribution is 0.103. The Morgan fingerprint density at radius 1 is 1.21 bits per heavy atom. The first-order valence-electron chi connectivity index (χ1n) is 8.18. The van der Waals surface area contributed by atoms with Crippen molar-refractivity contribution in [3.63, 3.8) is 0 Å². The Morgan fingerprint density at radius 2 is 2.00 bits per heavy atom. The number of aryl methyl sites for hydroxylation is 3. The van der Waals surface area contributed by atoms with Crippen LogP contribution in [0.2, 0.25) is 0 Å². The lowest BCUT2D eigenvalue weighted by atomic mass is 10.2. The Balaban J connectivity index is 1.62. The Morgan fingerprint density at radius 3 is 2.75 bits per heavy atom. The molecule has 1 aliphatic rings. The fraction of sp³-hybridized carbons (Fsp3) is 0.263. The highest BCUT2D eigenvalue weighted by molar-refractivity contribution is 7.14. The lowest BCUT2D eigenvalue weighted by Gasteiger charge is -2.06. The molecule has 1 N–H and O–H groups in total. The van der Waals surface area contributed by atoms with Crippen LogP contribution in [0.25, 0.3) is 5.69 Å². The second-order valence-electron chi connectivity index (χ2n) is 6.16. The molecule has 5 heteroatoms. The third-order valence-electron chi connectivity index (χ3n) is 4.50. The highest BCUT2D eigenvalue weighted by Crippen LogP contribution is 2.31. The minimum atomic E-state index is -0.0341. The van der Waals surface area contributed by atoms with Crippen LogP contribution in [-0.2, 0) is 12.8 Å². The maximum atomic E-state index is 12.6. The molecule has 0 saturated carbocycles. The van der Waals surface area contributed by atoms with Gasteiger partial charge in [0.05, 0.1) is 27.6 Å². The molecule has 3 aromatic rings. The van der Waals surface area contributed by atoms with Crippen molar-refractivity contribution in [1.82, 2.24) is 9.78 Å². The topological polar surface area (TPSA) is 46.9 Å². The summed E-state index contributed by atoms with van der Waals surface area (Å²) >= 11 is 1.62. The van der Waals surface area contributed by atoms with Crippen LogP contribution in [0.5, 0.6) is 0 Å². The number of carbonyl (C=O) groups excluding carboxylic acids is 1. The van der Waals surface area contributed by atoms with E-state index in [0.717, 1.165) is 40.5 Å². The molecule has 0 aliphatic heterocycles. The van der Waals surface area contributed by atoms with Crippen molar-refractivity contribution < 1.29 is 4.79 Å². The van der Waals surface area contributed by atoms with E-state index >= 15 is 0 Å². The predicted molar refractivity (Wildman–Crippen MR) is 97.3 cm³/mol. The van der Waals surface area contributed by atoms with Gasteiger partial charge in [0.2, 0.25) is 0 Å². The van der Waals surface area contributed by atoms with Crippen molar-refractivity contribution in [2.75, 3.05) is 5.32 Å². The van der Waals surface area contributed by atoms with E-state index in [4.69, 9.17) is 0 Å². The summed E-state index contributed by atoms with van der Waals surface area (Å²) in [6, 6.07) is 12.0. The van der Waals surface area contributed by atoms with Gasteiger partial charge >= 0.3 is 0 Å². The maximum Gasteiger partial charge on any atom is 0.265 e. The van der Waals surface area contributed by atoms with Crippen molar-refractivity contribution in [1.29, 1.82) is 0 Å². The summed E-state index contributed by atoms with van der Waals surface area (Å²) in [5.41, 5.74) is 4.91. The van der Waals surface area contributed by atoms with Gasteiger partial charge in [0.1, 0.15) is 0 Å². The zero-order valence-corrected chi connectivity index (χ0v) is 14.6. The van der Waals surface area contributed by atoms with Crippen molar-refractivity contribution in [2.24, 2.45) is 0 Å². The number of nitrogens with zero attached hydrogens (tertiary/aromatic N) is 2. The first-order valence-corrected chi connectivity index (χ1v) is 8.99. The zero-order valence-electron chi connectivity index (χ0n) is 13.8. The van der Waals surface area contributed by atoms with Crippen LogP contribution in [0.1, 0.15) is 37.9 Å². The lowest BCUT2D eigenvalue weighted by Crippen LogP contribution is -2.11. The number of hydrogen-bond acceptors (Lipinski definition) is 3. The van der Waals surface area contributed by atoms with Gasteiger partial charge in [0, 0.05) is 4.88 Å². The SMILES string of the molecule is Cc1nn(-c2ccccc2)c(C)c1NC(=O)c1cc2c(s1)CCC2. The van der Waals surface area contributed by atoms with Crippen LogP contribution >= 0.6 is 11.3 Å². The third-order valence-corrected chi connectivity index (χ3v) is 5.74. The van der Waals surface area contributed by atoms with Gasteiger partial charge in [0.25, 0.3) is 5.91 Å². The number of thiophene rings is 1. The molecule has 1 aliphatic carbocycles. The standard InChI is InChI=1S/C19H19N3OS/c1-12-18(13(2)22(21-12)15-8-4-3-5-9-15)20-19(23)17-11-14-7-6-10-16(14)24-17/h3-5,8-9,11H,6-7,10H2,1-2H3,(H,20,23). The molecule has 24 heavy (non-hydrogen) atoms. The van der Waals surface area contributed by atoms with Gasteiger partial charge in [-0.15, -0.1) is 11.3 Å². The summed E-state index contributed by atoms with van der Waals surface area (Å²) in [6.45, 7) is 3.91. The number of fused-ring (bicyclic) bond motifs is 1. The Labute approximate surface area is 145 Å². The van der Waals surface area contributed by atoms with Crippen LogP contribution in [0.4, 0.5) is 5.69 Å². The zero-order chi connectivity index (χ0) is 16.7. The molecule has 0 fully saturated rings. The average Bonchev–Trinajstić information content (AvgIpc) is 3.25. The molecule has 1 amide bonds. The number of para-hydroxylation sites is 1. The van der Waals surface area contributed by atoms with E-state index in [1.165, 1.54) is 16.9 Å². The number of nitrogens with one attached hydrogen (secondary N) is 1. The highest BCUT2D eigenvalue weighted by Gasteiger charge is 2.21. The van der Waals surface area contributed by atoms with Gasteiger partial charge in [-0.1, -0.05) is 18.2 Å². The molecular weight excluding hydrogens is 318 g/mol. The quantitative estimate of drug-likeness (QED) is 0.775. The van der Waals surface area contributed by atoms with Gasteiger partial charge in [-0.25, -0.2) is 4.68 Å². The van der Waals surface area contributed by atoms with Gasteiger partial charge < -0.3 is 5.32 Å². The molecule has 2 aromatic heterocycles. The van der Waals surface area contributed by atoms with E-state index in [9.17, 15) is 4.79 Å². The molecule has 4 rings (SSSR count). The van der Waals surface area contributed by atoms with Crippen molar-refractivity contribution in [3.05, 3.63) is 63.1 Å². The van der Waals surface area contributed by atoms with Gasteiger partial charge in [-0.3, -0.25) is 4.79 Å². The number of aromatic nitrogens is 2. The summed E-state index contributed by atoms with van der Waals surface area (Å²) in [5, 5.41) is 7.64. The molecule has 4 nitrogen and oxygen atoms in total. The van der Waals surface area contributed by atoms with Crippen LogP contribution in [0.15, 0.2) is 36.4 Å². The van der Waals surface area contributed by atoms with Gasteiger partial charge in [-0.05, 0) is 56.9 Å². The molecule has 0 spiro atoms. The number of rotatable bonds is 3. The monoisotopic (exact) mass is 337 g/mol. The van der Waals surface area contributed by atoms with E-state index in [1.54, 1.807) is 11.3 Å². The van der Waals surface area contributed by atoms with Crippen molar-refractivity contribution in [2.45, 2.75) is 33.1 Å². The predicted octanol–water partition coefficient (Wildman–Crippen LogP) is 4.29. The number of hydrogen-bond donors (Lipinski definition) is 1. The van der Waals surface area contributed by atoms with E-state index in [1.807, 2.05) is 48.9 Å². The normalized spacial score (nSPS) is 13.1. The molecule has 0 bridgehead atoms. The van der Waals surface area contributed by atoms with Gasteiger partial charge in [-0.2, -0.15) is 5.10 Å². The van der Waals surface area contributed by atoms with Crippen LogP contribution in [-0.4, -0.2) is 15.7 Å². The maximum absolute atomic E-state index is 12.6. The fourth-order valence-electron chi connectivity index (χ4n) is 3.26. The summed E-state index contributed by atoms with van der Waals surface area (Å²) in [7, 11) is 0. The molecular formula is C19H19N3OS. The minimum absolute atomic E-state index is 0.0341. The Hall–Kier alpha value is -2.40. The first kappa shape index (κ1) is 15.1. The molecule has 0 unspecified atom stereocenters. The second-order valence-corrected chi connectivity index (χ2v) is 7.30. The third kappa shape index (κ3) is 2.55. The molecule has 0 saturated heterocycles. The van der Waals surface area contributed by atoms with E-state index in [0.29, 0.717) is 0 Å². The number of carbonyl (C=O) groups is 1. The Bertz CT molecular complexity index is 887. The van der Waals surface area contributed by atoms with Crippen molar-refractivity contribution >= 4 is 22.9 Å². The summed E-state index contributed by atoms with van der Waals surface area (Å²) < 4.78 is 1.87. The first-order chi connectivity index (χ1) is 11.6. The number of amides is 1. The summed E-state index contributed by atoms with van der Waals surface area (Å²) in [4.78, 5) is 14.8. The van der Waals surface area contributed by atoms with E-state index in [2.05, 4.69) is 16.5 Å². The van der Waals surface area contributed by atoms with Crippen LogP contribution in [0.3, 0.4) is 0 Å². The number of benzene rings is 1. The van der Waals surface area contributed by atoms with E-state index < -0.39 is 0 Å². The van der Waals surface area contributed by atoms with Gasteiger partial charge in [0.15, 0.2) is 0 Å². The van der Waals surface area contributed by atoms with E-state index in [-0.39, 0.29) is 5.91 Å². The average molecular weight is 337 g/mol. The second kappa shape index (κ2) is 5.91. The van der Waals surface area contributed by atoms with Crippen LogP contribution < -0.4 is 5.32 Å². The summed E-state index contributed by atoms with van der Waals surface area (Å²) in [6.07, 6.45) is 3.42. The molecule has 0 radical (unpaired) electrons. The highest BCUT2D eigenvalue weighted by atomic mass is 32.1. The Kier molecular flexibility index (Phi) is 3.73. The molecule has 0 atom stereocenters. The molecule has 122 valence electrons. The van der Waals surface area contributed by atoms with Crippen molar-refractivity contribution in [3.8, 4) is 5.69 Å². The molecule has 1 aromatic carbocycles. The fourth-order valence-corrected chi connectivity index (χ4v) is 4.41. The summed E-state index contributed by atoms with van der Waals surface area (Å²) in [5.74, 6) is -0.0341. The van der Waals surface area contributed by atoms with Crippen LogP contribution in [0, 0.1) is 13.8 Å². The molecule has 2 heterocycles.